The highest BCUT2D eigenvalue weighted by atomic mass is 35.5. The van der Waals surface area contributed by atoms with Gasteiger partial charge >= 0.3 is 0 Å². The standard InChI is InChI=1S/C24H19ClFN3S/c1-15-14-19(10-13-21(15)26)16(2)28-29-24-27-22(17-8-11-20(25)12-9-17)23(30-24)18-6-4-3-5-7-18/h3-14H,1-2H3,(H,27,29). The molecule has 4 rings (SSSR count). The van der Waals surface area contributed by atoms with E-state index >= 15 is 0 Å². The van der Waals surface area contributed by atoms with Crippen LogP contribution in [0.3, 0.4) is 0 Å². The minimum atomic E-state index is -0.223. The van der Waals surface area contributed by atoms with Gasteiger partial charge in [0.1, 0.15) is 5.82 Å². The maximum absolute atomic E-state index is 13.5. The molecule has 150 valence electrons. The second kappa shape index (κ2) is 8.78. The maximum atomic E-state index is 13.5. The minimum Gasteiger partial charge on any atom is -0.252 e. The monoisotopic (exact) mass is 435 g/mol. The quantitative estimate of drug-likeness (QED) is 0.261. The Morgan fingerprint density at radius 2 is 1.73 bits per heavy atom. The van der Waals surface area contributed by atoms with Crippen LogP contribution < -0.4 is 5.43 Å². The van der Waals surface area contributed by atoms with E-state index in [1.165, 1.54) is 17.4 Å². The Bertz CT molecular complexity index is 1200. The van der Waals surface area contributed by atoms with Gasteiger partial charge < -0.3 is 0 Å². The Morgan fingerprint density at radius 1 is 1.00 bits per heavy atom. The highest BCUT2D eigenvalue weighted by Crippen LogP contribution is 2.39. The lowest BCUT2D eigenvalue weighted by Crippen LogP contribution is -2.00. The fourth-order valence-electron chi connectivity index (χ4n) is 3.02. The number of aromatic nitrogens is 1. The first-order valence-electron chi connectivity index (χ1n) is 9.40. The van der Waals surface area contributed by atoms with Crippen LogP contribution >= 0.6 is 22.9 Å². The summed E-state index contributed by atoms with van der Waals surface area (Å²) in [6, 6.07) is 22.7. The summed E-state index contributed by atoms with van der Waals surface area (Å²) in [7, 11) is 0. The van der Waals surface area contributed by atoms with Crippen LogP contribution in [-0.2, 0) is 0 Å². The average molecular weight is 436 g/mol. The van der Waals surface area contributed by atoms with Gasteiger partial charge in [0.25, 0.3) is 0 Å². The summed E-state index contributed by atoms with van der Waals surface area (Å²) in [6.45, 7) is 3.62. The van der Waals surface area contributed by atoms with Gasteiger partial charge in [-0.1, -0.05) is 71.5 Å². The van der Waals surface area contributed by atoms with Crippen LogP contribution in [-0.4, -0.2) is 10.7 Å². The van der Waals surface area contributed by atoms with Gasteiger partial charge in [-0.3, -0.25) is 5.43 Å². The second-order valence-electron chi connectivity index (χ2n) is 6.84. The number of thiazole rings is 1. The van der Waals surface area contributed by atoms with E-state index in [0.29, 0.717) is 15.7 Å². The van der Waals surface area contributed by atoms with Crippen LogP contribution in [0, 0.1) is 12.7 Å². The van der Waals surface area contributed by atoms with E-state index in [2.05, 4.69) is 22.7 Å². The molecular formula is C24H19ClFN3S. The number of rotatable bonds is 5. The van der Waals surface area contributed by atoms with Gasteiger partial charge in [0.05, 0.1) is 16.3 Å². The number of nitrogens with one attached hydrogen (secondary N) is 1. The Balaban J connectivity index is 1.68. The summed E-state index contributed by atoms with van der Waals surface area (Å²) in [4.78, 5) is 5.83. The van der Waals surface area contributed by atoms with Crippen LogP contribution in [0.1, 0.15) is 18.1 Å². The normalized spacial score (nSPS) is 11.5. The Hall–Kier alpha value is -3.02. The lowest BCUT2D eigenvalue weighted by molar-refractivity contribution is 0.618. The Kier molecular flexibility index (Phi) is 5.93. The smallest absolute Gasteiger partial charge is 0.204 e. The molecule has 0 aliphatic carbocycles. The lowest BCUT2D eigenvalue weighted by atomic mass is 10.1. The molecule has 3 aromatic carbocycles. The molecule has 0 fully saturated rings. The molecule has 0 saturated carbocycles. The van der Waals surface area contributed by atoms with E-state index < -0.39 is 0 Å². The second-order valence-corrected chi connectivity index (χ2v) is 8.28. The number of aryl methyl sites for hydroxylation is 1. The third-order valence-electron chi connectivity index (χ3n) is 4.68. The number of hydrogen-bond acceptors (Lipinski definition) is 4. The summed E-state index contributed by atoms with van der Waals surface area (Å²) in [5, 5.41) is 5.82. The summed E-state index contributed by atoms with van der Waals surface area (Å²) in [5.41, 5.74) is 8.21. The van der Waals surface area contributed by atoms with E-state index in [0.717, 1.165) is 33.0 Å². The van der Waals surface area contributed by atoms with Gasteiger partial charge in [0, 0.05) is 10.6 Å². The number of anilines is 1. The zero-order valence-electron chi connectivity index (χ0n) is 16.5. The fourth-order valence-corrected chi connectivity index (χ4v) is 4.08. The van der Waals surface area contributed by atoms with Crippen LogP contribution in [0.15, 0.2) is 77.9 Å². The molecule has 0 bridgehead atoms. The van der Waals surface area contributed by atoms with Gasteiger partial charge in [-0.05, 0) is 54.8 Å². The van der Waals surface area contributed by atoms with Gasteiger partial charge in [-0.15, -0.1) is 0 Å². The van der Waals surface area contributed by atoms with E-state index in [1.807, 2.05) is 49.4 Å². The lowest BCUT2D eigenvalue weighted by Gasteiger charge is -2.03. The first kappa shape index (κ1) is 20.3. The van der Waals surface area contributed by atoms with Crippen molar-refractivity contribution < 1.29 is 4.39 Å². The number of halogens is 2. The van der Waals surface area contributed by atoms with E-state index in [9.17, 15) is 4.39 Å². The zero-order chi connectivity index (χ0) is 21.1. The van der Waals surface area contributed by atoms with Gasteiger partial charge in [-0.2, -0.15) is 5.10 Å². The van der Waals surface area contributed by atoms with Crippen LogP contribution in [0.4, 0.5) is 9.52 Å². The zero-order valence-corrected chi connectivity index (χ0v) is 18.1. The van der Waals surface area contributed by atoms with E-state index in [1.54, 1.807) is 19.1 Å². The van der Waals surface area contributed by atoms with Crippen LogP contribution in [0.25, 0.3) is 21.7 Å². The summed E-state index contributed by atoms with van der Waals surface area (Å²) >= 11 is 7.59. The van der Waals surface area contributed by atoms with Crippen molar-refractivity contribution in [3.8, 4) is 21.7 Å². The summed E-state index contributed by atoms with van der Waals surface area (Å²) in [5.74, 6) is -0.223. The van der Waals surface area contributed by atoms with Crippen molar-refractivity contribution in [2.75, 3.05) is 5.43 Å². The van der Waals surface area contributed by atoms with Crippen LogP contribution in [0.5, 0.6) is 0 Å². The minimum absolute atomic E-state index is 0.223. The molecule has 3 nitrogen and oxygen atoms in total. The third-order valence-corrected chi connectivity index (χ3v) is 5.94. The molecule has 30 heavy (non-hydrogen) atoms. The van der Waals surface area contributed by atoms with Crippen molar-refractivity contribution in [1.82, 2.24) is 4.98 Å². The molecule has 0 radical (unpaired) electrons. The number of nitrogens with zero attached hydrogens (tertiary/aromatic N) is 2. The van der Waals surface area contributed by atoms with Crippen LogP contribution in [0.2, 0.25) is 5.02 Å². The first-order valence-corrected chi connectivity index (χ1v) is 10.6. The topological polar surface area (TPSA) is 37.3 Å². The molecule has 1 heterocycles. The molecule has 1 N–H and O–H groups in total. The van der Waals surface area contributed by atoms with Crippen molar-refractivity contribution >= 4 is 33.8 Å². The number of benzene rings is 3. The van der Waals surface area contributed by atoms with Gasteiger partial charge in [0.15, 0.2) is 0 Å². The van der Waals surface area contributed by atoms with E-state index in [4.69, 9.17) is 16.6 Å². The summed E-state index contributed by atoms with van der Waals surface area (Å²) < 4.78 is 13.5. The van der Waals surface area contributed by atoms with Crippen molar-refractivity contribution in [2.45, 2.75) is 13.8 Å². The SMILES string of the molecule is CC(=NNc1nc(-c2ccc(Cl)cc2)c(-c2ccccc2)s1)c1ccc(F)c(C)c1. The van der Waals surface area contributed by atoms with E-state index in [-0.39, 0.29) is 5.82 Å². The van der Waals surface area contributed by atoms with Gasteiger partial charge in [-0.25, -0.2) is 9.37 Å². The molecule has 0 aliphatic rings. The van der Waals surface area contributed by atoms with Crippen molar-refractivity contribution in [3.05, 3.63) is 94.8 Å². The van der Waals surface area contributed by atoms with Crippen molar-refractivity contribution in [3.63, 3.8) is 0 Å². The molecule has 0 unspecified atom stereocenters. The van der Waals surface area contributed by atoms with Crippen molar-refractivity contribution in [2.24, 2.45) is 5.10 Å². The van der Waals surface area contributed by atoms with Crippen molar-refractivity contribution in [1.29, 1.82) is 0 Å². The molecule has 0 aliphatic heterocycles. The Labute approximate surface area is 183 Å². The summed E-state index contributed by atoms with van der Waals surface area (Å²) in [6.07, 6.45) is 0. The molecule has 6 heteroatoms. The fraction of sp³-hybridized carbons (Fsp3) is 0.0833. The Morgan fingerprint density at radius 3 is 2.43 bits per heavy atom. The highest BCUT2D eigenvalue weighted by molar-refractivity contribution is 7.19. The molecule has 0 spiro atoms. The third kappa shape index (κ3) is 4.42. The predicted molar refractivity (Wildman–Crippen MR) is 125 cm³/mol. The molecular weight excluding hydrogens is 417 g/mol. The first-order chi connectivity index (χ1) is 14.5. The maximum Gasteiger partial charge on any atom is 0.204 e. The average Bonchev–Trinajstić information content (AvgIpc) is 3.19. The molecule has 0 saturated heterocycles. The molecule has 1 aromatic heterocycles. The highest BCUT2D eigenvalue weighted by Gasteiger charge is 2.15. The number of hydrogen-bond donors (Lipinski definition) is 1. The molecule has 0 atom stereocenters. The largest absolute Gasteiger partial charge is 0.252 e. The molecule has 0 amide bonds. The predicted octanol–water partition coefficient (Wildman–Crippen LogP) is 7.41. The van der Waals surface area contributed by atoms with Gasteiger partial charge in [0.2, 0.25) is 5.13 Å². The molecule has 4 aromatic rings. The number of hydrazone groups is 1.